The average Bonchev–Trinajstić information content (AvgIpc) is 3.57. The van der Waals surface area contributed by atoms with Crippen LogP contribution in [-0.4, -0.2) is 68.2 Å². The van der Waals surface area contributed by atoms with Crippen LogP contribution in [0.3, 0.4) is 0 Å². The summed E-state index contributed by atoms with van der Waals surface area (Å²) in [4.78, 5) is 0. The third kappa shape index (κ3) is 12.3. The number of rotatable bonds is 19. The van der Waals surface area contributed by atoms with Crippen LogP contribution in [0.2, 0.25) is 18.1 Å². The second-order valence-corrected chi connectivity index (χ2v) is 18.6. The van der Waals surface area contributed by atoms with Crippen molar-refractivity contribution < 1.29 is 35.5 Å². The molecule has 0 fully saturated rings. The summed E-state index contributed by atoms with van der Waals surface area (Å²) in [6.07, 6.45) is -4.84. The van der Waals surface area contributed by atoms with E-state index in [1.165, 1.54) is 4.68 Å². The molecule has 0 saturated heterocycles. The number of aromatic nitrogens is 4. The first kappa shape index (κ1) is 39.2. The number of sulfone groups is 1. The summed E-state index contributed by atoms with van der Waals surface area (Å²) in [6, 6.07) is 18.8. The Balaban J connectivity index is 1.60. The molecule has 0 aliphatic rings. The van der Waals surface area contributed by atoms with Crippen LogP contribution in [0.5, 0.6) is 5.75 Å². The Labute approximate surface area is 283 Å². The normalized spacial score (nSPS) is 14.2. The molecule has 0 N–H and O–H groups in total. The molecular weight excluding hydrogens is 662 g/mol. The van der Waals surface area contributed by atoms with Crippen molar-refractivity contribution in [2.75, 3.05) is 19.0 Å². The molecule has 2 aromatic carbocycles. The number of halogens is 3. The molecule has 3 aromatic rings. The lowest BCUT2D eigenvalue weighted by Crippen LogP contribution is -2.41. The minimum atomic E-state index is -4.18. The minimum absolute atomic E-state index is 0.000792. The maximum absolute atomic E-state index is 13.3. The quantitative estimate of drug-likeness (QED) is 0.0720. The van der Waals surface area contributed by atoms with Gasteiger partial charge in [-0.3, -0.25) is 0 Å². The fraction of sp³-hybridized carbons (Fsp3) is 0.559. The Hall–Kier alpha value is -3.25. The van der Waals surface area contributed by atoms with Crippen molar-refractivity contribution in [1.82, 2.24) is 20.2 Å². The molecule has 0 radical (unpaired) electrons. The smallest absolute Gasteiger partial charge is 0.389 e. The van der Waals surface area contributed by atoms with Gasteiger partial charge in [-0.15, -0.1) is 0 Å². The fourth-order valence-electron chi connectivity index (χ4n) is 5.09. The molecule has 0 aliphatic heterocycles. The van der Waals surface area contributed by atoms with E-state index in [2.05, 4.69) is 55.1 Å². The van der Waals surface area contributed by atoms with Gasteiger partial charge in [-0.05, 0) is 77.1 Å². The van der Waals surface area contributed by atoms with Crippen LogP contribution in [-0.2, 0) is 25.6 Å². The Kier molecular flexibility index (Phi) is 15.1. The highest BCUT2D eigenvalue weighted by atomic mass is 32.2. The van der Waals surface area contributed by atoms with Gasteiger partial charge in [0.2, 0.25) is 9.84 Å². The van der Waals surface area contributed by atoms with Crippen LogP contribution >= 0.6 is 0 Å². The summed E-state index contributed by atoms with van der Waals surface area (Å²) in [5.74, 6) is 6.26. The summed E-state index contributed by atoms with van der Waals surface area (Å²) in [7, 11) is -5.88. The van der Waals surface area contributed by atoms with Crippen LogP contribution < -0.4 is 4.74 Å². The molecule has 0 aliphatic carbocycles. The molecule has 1 aromatic heterocycles. The summed E-state index contributed by atoms with van der Waals surface area (Å²) >= 11 is 0. The number of benzene rings is 2. The third-order valence-corrected chi connectivity index (χ3v) is 14.6. The van der Waals surface area contributed by atoms with Crippen LogP contribution in [0.15, 0.2) is 59.8 Å². The van der Waals surface area contributed by atoms with Gasteiger partial charge in [-0.1, -0.05) is 81.9 Å². The molecule has 48 heavy (non-hydrogen) atoms. The zero-order valence-corrected chi connectivity index (χ0v) is 30.2. The molecule has 0 bridgehead atoms. The van der Waals surface area contributed by atoms with Gasteiger partial charge in [0.1, 0.15) is 11.9 Å². The van der Waals surface area contributed by atoms with Crippen molar-refractivity contribution in [2.24, 2.45) is 11.8 Å². The molecule has 0 spiro atoms. The van der Waals surface area contributed by atoms with Gasteiger partial charge in [-0.2, -0.15) is 17.9 Å². The molecule has 264 valence electrons. The SMILES string of the molecule is CC[Si](CC)(CC)OC(C#C[C@@H](C)CS(=O)(=O)c1nnnn1-c1ccccc1)[C@@H](C)CCOCc1ccc(OCCCC(F)(F)F)cc1. The van der Waals surface area contributed by atoms with Gasteiger partial charge in [0.25, 0.3) is 5.16 Å². The minimum Gasteiger partial charge on any atom is -0.494 e. The van der Waals surface area contributed by atoms with Gasteiger partial charge in [0.05, 0.1) is 24.7 Å². The molecule has 0 saturated carbocycles. The first-order valence-electron chi connectivity index (χ1n) is 16.4. The number of alkyl halides is 3. The largest absolute Gasteiger partial charge is 0.494 e. The maximum atomic E-state index is 13.3. The molecule has 3 rings (SSSR count). The van der Waals surface area contributed by atoms with Crippen LogP contribution in [0.1, 0.15) is 59.4 Å². The van der Waals surface area contributed by atoms with Gasteiger partial charge >= 0.3 is 6.18 Å². The number of ether oxygens (including phenoxy) is 2. The highest BCUT2D eigenvalue weighted by Gasteiger charge is 2.33. The maximum Gasteiger partial charge on any atom is 0.389 e. The van der Waals surface area contributed by atoms with Crippen molar-refractivity contribution in [1.29, 1.82) is 0 Å². The lowest BCUT2D eigenvalue weighted by molar-refractivity contribution is -0.136. The summed E-state index contributed by atoms with van der Waals surface area (Å²) < 4.78 is 83.0. The number of nitrogens with zero attached hydrogens (tertiary/aromatic N) is 4. The van der Waals surface area contributed by atoms with Crippen molar-refractivity contribution >= 4 is 18.2 Å². The predicted molar refractivity (Wildman–Crippen MR) is 181 cm³/mol. The molecule has 1 unspecified atom stereocenters. The van der Waals surface area contributed by atoms with Gasteiger partial charge in [0.15, 0.2) is 8.32 Å². The average molecular weight is 709 g/mol. The summed E-state index contributed by atoms with van der Waals surface area (Å²) in [5.41, 5.74) is 1.47. The summed E-state index contributed by atoms with van der Waals surface area (Å²) in [6.45, 7) is 11.1. The number of hydrogen-bond donors (Lipinski definition) is 0. The van der Waals surface area contributed by atoms with Gasteiger partial charge < -0.3 is 13.9 Å². The van der Waals surface area contributed by atoms with E-state index in [4.69, 9.17) is 13.9 Å². The third-order valence-electron chi connectivity index (χ3n) is 8.27. The Morgan fingerprint density at radius 3 is 2.23 bits per heavy atom. The highest BCUT2D eigenvalue weighted by molar-refractivity contribution is 7.91. The fourth-order valence-corrected chi connectivity index (χ4v) is 9.37. The van der Waals surface area contributed by atoms with Crippen LogP contribution in [0, 0.1) is 23.7 Å². The lowest BCUT2D eigenvalue weighted by atomic mass is 10.0. The van der Waals surface area contributed by atoms with Gasteiger partial charge in [0, 0.05) is 18.9 Å². The molecule has 3 atom stereocenters. The van der Waals surface area contributed by atoms with Crippen LogP contribution in [0.4, 0.5) is 13.2 Å². The van der Waals surface area contributed by atoms with E-state index < -0.39 is 36.7 Å². The molecule has 1 heterocycles. The lowest BCUT2D eigenvalue weighted by Gasteiger charge is -2.33. The van der Waals surface area contributed by atoms with E-state index >= 15 is 0 Å². The molecule has 14 heteroatoms. The monoisotopic (exact) mass is 708 g/mol. The highest BCUT2D eigenvalue weighted by Crippen LogP contribution is 2.27. The number of tetrazole rings is 1. The van der Waals surface area contributed by atoms with Crippen molar-refractivity contribution in [2.45, 2.75) is 96.1 Å². The standard InChI is InChI=1S/C34H47F3N4O5SSi/c1-6-48(7-2,8-3)46-32(20-15-27(4)26-47(42,43)33-38-39-40-41(33)30-13-10-9-11-14-30)28(5)21-24-44-25-29-16-18-31(19-17-29)45-23-12-22-34(35,36)37/h9-11,13-14,16-19,27-28,32H,6-8,12,21-26H2,1-5H3/t27-,28+,32?/m1/s1. The van der Waals surface area contributed by atoms with E-state index in [-0.39, 0.29) is 36.0 Å². The second-order valence-electron chi connectivity index (χ2n) is 12.0. The zero-order valence-electron chi connectivity index (χ0n) is 28.4. The predicted octanol–water partition coefficient (Wildman–Crippen LogP) is 7.43. The van der Waals surface area contributed by atoms with E-state index in [1.54, 1.807) is 43.3 Å². The van der Waals surface area contributed by atoms with Gasteiger partial charge in [-0.25, -0.2) is 8.42 Å². The molecule has 9 nitrogen and oxygen atoms in total. The first-order valence-corrected chi connectivity index (χ1v) is 20.6. The number of hydrogen-bond acceptors (Lipinski definition) is 8. The molecular formula is C34H47F3N4O5SSi. The van der Waals surface area contributed by atoms with Crippen LogP contribution in [0.25, 0.3) is 5.69 Å². The number of para-hydroxylation sites is 1. The zero-order chi connectivity index (χ0) is 35.2. The van der Waals surface area contributed by atoms with E-state index in [1.807, 2.05) is 18.2 Å². The van der Waals surface area contributed by atoms with Crippen molar-refractivity contribution in [3.05, 3.63) is 60.2 Å². The second kappa shape index (κ2) is 18.5. The Bertz CT molecular complexity index is 1550. The Morgan fingerprint density at radius 2 is 1.60 bits per heavy atom. The van der Waals surface area contributed by atoms with E-state index in [0.717, 1.165) is 23.7 Å². The topological polar surface area (TPSA) is 105 Å². The molecule has 0 amide bonds. The van der Waals surface area contributed by atoms with E-state index in [0.29, 0.717) is 31.1 Å². The van der Waals surface area contributed by atoms with Crippen molar-refractivity contribution in [3.8, 4) is 23.3 Å². The van der Waals surface area contributed by atoms with E-state index in [9.17, 15) is 21.6 Å². The Morgan fingerprint density at radius 1 is 0.938 bits per heavy atom. The first-order chi connectivity index (χ1) is 22.8. The summed E-state index contributed by atoms with van der Waals surface area (Å²) in [5, 5.41) is 11.1. The van der Waals surface area contributed by atoms with Crippen molar-refractivity contribution in [3.63, 3.8) is 0 Å².